The predicted molar refractivity (Wildman–Crippen MR) is 284 cm³/mol. The SMILES string of the molecule is CCCCCCCCCCCCCCCCCCCCCCC(O)C(=O)NC(COC1OC(CO)C(O)C(O)C1OC1OC(CO)C(O)C(O)C1O)C(O)C(O)CCCCCCCCCCCCCCCCC. The van der Waals surface area contributed by atoms with Crippen LogP contribution in [-0.2, 0) is 23.7 Å². The lowest BCUT2D eigenvalue weighted by molar-refractivity contribution is -0.368. The minimum Gasteiger partial charge on any atom is -0.394 e. The van der Waals surface area contributed by atoms with E-state index in [-0.39, 0.29) is 12.8 Å². The number of amides is 1. The van der Waals surface area contributed by atoms with E-state index in [0.29, 0.717) is 12.8 Å². The van der Waals surface area contributed by atoms with Gasteiger partial charge in [0.05, 0.1) is 32.0 Å². The highest BCUT2D eigenvalue weighted by atomic mass is 16.8. The molecule has 2 saturated heterocycles. The minimum atomic E-state index is -1.87. The highest BCUT2D eigenvalue weighted by Gasteiger charge is 2.51. The van der Waals surface area contributed by atoms with Crippen LogP contribution >= 0.6 is 0 Å². The number of carbonyl (C=O) groups is 1. The van der Waals surface area contributed by atoms with Crippen LogP contribution in [0.5, 0.6) is 0 Å². The van der Waals surface area contributed by atoms with Gasteiger partial charge in [0, 0.05) is 0 Å². The monoisotopic (exact) mass is 1050 g/mol. The van der Waals surface area contributed by atoms with Crippen molar-refractivity contribution in [3.8, 4) is 0 Å². The molecule has 14 unspecified atom stereocenters. The zero-order chi connectivity index (χ0) is 53.5. The fourth-order valence-electron chi connectivity index (χ4n) is 10.3. The Morgan fingerprint density at radius 1 is 0.452 bits per heavy atom. The van der Waals surface area contributed by atoms with Gasteiger partial charge < -0.3 is 75.3 Å². The fraction of sp³-hybridized carbons (Fsp3) is 0.982. The third kappa shape index (κ3) is 29.5. The summed E-state index contributed by atoms with van der Waals surface area (Å²) in [5.74, 6) is -0.771. The summed E-state index contributed by atoms with van der Waals surface area (Å²) in [5, 5.41) is 109. The second-order valence-electron chi connectivity index (χ2n) is 21.8. The molecule has 11 N–H and O–H groups in total. The largest absolute Gasteiger partial charge is 0.394 e. The molecule has 2 aliphatic heterocycles. The van der Waals surface area contributed by atoms with Crippen LogP contribution in [0.1, 0.15) is 251 Å². The first kappa shape index (κ1) is 68.0. The van der Waals surface area contributed by atoms with Crippen molar-refractivity contribution >= 4 is 5.91 Å². The lowest BCUT2D eigenvalue weighted by Gasteiger charge is -2.46. The van der Waals surface area contributed by atoms with E-state index in [1.165, 1.54) is 161 Å². The summed E-state index contributed by atoms with van der Waals surface area (Å²) in [6, 6.07) is -1.31. The Balaban J connectivity index is 1.87. The van der Waals surface area contributed by atoms with Crippen molar-refractivity contribution in [3.05, 3.63) is 0 Å². The van der Waals surface area contributed by atoms with Crippen molar-refractivity contribution < 1.29 is 74.8 Å². The van der Waals surface area contributed by atoms with E-state index in [1.807, 2.05) is 0 Å². The number of rotatable bonds is 48. The summed E-state index contributed by atoms with van der Waals surface area (Å²) < 4.78 is 23.0. The molecule has 2 fully saturated rings. The van der Waals surface area contributed by atoms with Gasteiger partial charge >= 0.3 is 0 Å². The van der Waals surface area contributed by atoms with Crippen molar-refractivity contribution in [2.24, 2.45) is 0 Å². The van der Waals surface area contributed by atoms with Crippen LogP contribution in [0.4, 0.5) is 0 Å². The lowest BCUT2D eigenvalue weighted by Crippen LogP contribution is -2.65. The molecule has 0 radical (unpaired) electrons. The van der Waals surface area contributed by atoms with E-state index in [0.717, 1.165) is 51.4 Å². The van der Waals surface area contributed by atoms with Crippen LogP contribution in [0.25, 0.3) is 0 Å². The Morgan fingerprint density at radius 3 is 1.18 bits per heavy atom. The molecule has 0 spiro atoms. The molecule has 2 heterocycles. The zero-order valence-electron chi connectivity index (χ0n) is 45.9. The standard InChI is InChI=1S/C57H111NO15/c1-3-5-7-9-11-13-15-17-19-20-21-22-23-25-27-29-31-33-35-37-39-45(62)55(69)58-43(48(63)44(61)38-36-34-32-30-28-26-24-18-16-14-12-10-8-6-4-2)42-70-57-54(52(67)50(65)47(41-60)72-57)73-56-53(68)51(66)49(64)46(40-59)71-56/h43-54,56-57,59-68H,3-42H2,1-2H3,(H,58,69). The van der Waals surface area contributed by atoms with Gasteiger partial charge in [0.1, 0.15) is 61.0 Å². The molecule has 2 rings (SSSR count). The molecule has 1 amide bonds. The number of unbranched alkanes of at least 4 members (excludes halogenated alkanes) is 33. The number of carbonyl (C=O) groups excluding carboxylic acids is 1. The lowest BCUT2D eigenvalue weighted by atomic mass is 9.97. The van der Waals surface area contributed by atoms with E-state index in [9.17, 15) is 55.9 Å². The van der Waals surface area contributed by atoms with E-state index >= 15 is 0 Å². The molecule has 0 saturated carbocycles. The molecular formula is C57H111NO15. The number of hydrogen-bond acceptors (Lipinski definition) is 15. The van der Waals surface area contributed by atoms with Gasteiger partial charge in [-0.2, -0.15) is 0 Å². The topological polar surface area (TPSA) is 268 Å². The summed E-state index contributed by atoms with van der Waals surface area (Å²) in [4.78, 5) is 13.5. The molecule has 73 heavy (non-hydrogen) atoms. The van der Waals surface area contributed by atoms with Gasteiger partial charge in [-0.25, -0.2) is 0 Å². The molecule has 16 heteroatoms. The van der Waals surface area contributed by atoms with Gasteiger partial charge in [-0.05, 0) is 12.8 Å². The Labute approximate surface area is 441 Å². The quantitative estimate of drug-likeness (QED) is 0.0261. The Hall–Kier alpha value is -1.09. The number of hydrogen-bond donors (Lipinski definition) is 11. The molecule has 0 aromatic rings. The van der Waals surface area contributed by atoms with Crippen LogP contribution in [0.15, 0.2) is 0 Å². The molecule has 2 aliphatic rings. The Bertz CT molecular complexity index is 1270. The number of aliphatic hydroxyl groups is 10. The maximum absolute atomic E-state index is 13.5. The van der Waals surface area contributed by atoms with Crippen molar-refractivity contribution in [2.75, 3.05) is 19.8 Å². The number of nitrogens with one attached hydrogen (secondary N) is 1. The van der Waals surface area contributed by atoms with Gasteiger partial charge in [0.2, 0.25) is 5.91 Å². The van der Waals surface area contributed by atoms with Crippen LogP contribution < -0.4 is 5.32 Å². The van der Waals surface area contributed by atoms with Gasteiger partial charge in [0.15, 0.2) is 12.6 Å². The van der Waals surface area contributed by atoms with Crippen molar-refractivity contribution in [2.45, 2.75) is 337 Å². The maximum Gasteiger partial charge on any atom is 0.249 e. The molecule has 0 aliphatic carbocycles. The van der Waals surface area contributed by atoms with Crippen molar-refractivity contribution in [3.63, 3.8) is 0 Å². The maximum atomic E-state index is 13.5. The second-order valence-corrected chi connectivity index (χ2v) is 21.8. The number of aliphatic hydroxyl groups excluding tert-OH is 10. The molecular weight excluding hydrogens is 939 g/mol. The summed E-state index contributed by atoms with van der Waals surface area (Å²) in [6.45, 7) is 2.44. The summed E-state index contributed by atoms with van der Waals surface area (Å²) in [5.41, 5.74) is 0. The Kier molecular flexibility index (Phi) is 40.9. The predicted octanol–water partition coefficient (Wildman–Crippen LogP) is 7.67. The third-order valence-electron chi connectivity index (χ3n) is 15.3. The van der Waals surface area contributed by atoms with Gasteiger partial charge in [-0.15, -0.1) is 0 Å². The average Bonchev–Trinajstić information content (AvgIpc) is 3.39. The molecule has 0 aromatic carbocycles. The molecule has 434 valence electrons. The fourth-order valence-corrected chi connectivity index (χ4v) is 10.3. The van der Waals surface area contributed by atoms with Gasteiger partial charge in [-0.3, -0.25) is 4.79 Å². The second kappa shape index (κ2) is 43.8. The highest BCUT2D eigenvalue weighted by molar-refractivity contribution is 5.80. The molecule has 14 atom stereocenters. The van der Waals surface area contributed by atoms with E-state index < -0.39 is 111 Å². The molecule has 0 bridgehead atoms. The van der Waals surface area contributed by atoms with Crippen LogP contribution in [0.2, 0.25) is 0 Å². The Morgan fingerprint density at radius 2 is 0.795 bits per heavy atom. The van der Waals surface area contributed by atoms with Crippen LogP contribution in [0.3, 0.4) is 0 Å². The third-order valence-corrected chi connectivity index (χ3v) is 15.3. The average molecular weight is 1050 g/mol. The summed E-state index contributed by atoms with van der Waals surface area (Å²) in [7, 11) is 0. The molecule has 16 nitrogen and oxygen atoms in total. The van der Waals surface area contributed by atoms with E-state index in [1.54, 1.807) is 0 Å². The zero-order valence-corrected chi connectivity index (χ0v) is 45.9. The van der Waals surface area contributed by atoms with E-state index in [4.69, 9.17) is 18.9 Å². The van der Waals surface area contributed by atoms with Crippen LogP contribution in [-0.4, -0.2) is 163 Å². The normalized spacial score (nSPS) is 26.2. The number of ether oxygens (including phenoxy) is 4. The van der Waals surface area contributed by atoms with E-state index in [2.05, 4.69) is 19.2 Å². The van der Waals surface area contributed by atoms with Gasteiger partial charge in [-0.1, -0.05) is 239 Å². The highest BCUT2D eigenvalue weighted by Crippen LogP contribution is 2.30. The van der Waals surface area contributed by atoms with Gasteiger partial charge in [0.25, 0.3) is 0 Å². The smallest absolute Gasteiger partial charge is 0.249 e. The summed E-state index contributed by atoms with van der Waals surface area (Å²) in [6.07, 6.45) is 21.9. The summed E-state index contributed by atoms with van der Waals surface area (Å²) >= 11 is 0. The first-order valence-electron chi connectivity index (χ1n) is 30.0. The molecule has 0 aromatic heterocycles. The van der Waals surface area contributed by atoms with Crippen molar-refractivity contribution in [1.29, 1.82) is 0 Å². The van der Waals surface area contributed by atoms with Crippen molar-refractivity contribution in [1.82, 2.24) is 5.32 Å². The minimum absolute atomic E-state index is 0.194. The first-order chi connectivity index (χ1) is 35.4. The first-order valence-corrected chi connectivity index (χ1v) is 30.0. The van der Waals surface area contributed by atoms with Crippen LogP contribution in [0, 0.1) is 0 Å².